The molecule has 0 aliphatic rings. The maximum Gasteiger partial charge on any atom is 0.337 e. The van der Waals surface area contributed by atoms with Gasteiger partial charge >= 0.3 is 5.97 Å². The number of nitrogens with one attached hydrogen (secondary N) is 2. The van der Waals surface area contributed by atoms with Gasteiger partial charge in [-0.25, -0.2) is 4.79 Å². The fourth-order valence-electron chi connectivity index (χ4n) is 1.77. The van der Waals surface area contributed by atoms with Crippen molar-refractivity contribution < 1.29 is 14.3 Å². The highest BCUT2D eigenvalue weighted by Crippen LogP contribution is 2.26. The zero-order valence-electron chi connectivity index (χ0n) is 12.2. The lowest BCUT2D eigenvalue weighted by atomic mass is 10.1. The number of carboxylic acids is 1. The molecule has 0 aliphatic heterocycles. The van der Waals surface area contributed by atoms with Crippen molar-refractivity contribution in [1.82, 2.24) is 10.7 Å². The first kappa shape index (κ1) is 17.0. The first-order valence-corrected chi connectivity index (χ1v) is 7.50. The van der Waals surface area contributed by atoms with Crippen LogP contribution in [0.2, 0.25) is 5.02 Å². The summed E-state index contributed by atoms with van der Waals surface area (Å²) in [5.74, 6) is -0.0789. The zero-order valence-corrected chi connectivity index (χ0v) is 13.7. The molecule has 0 unspecified atom stereocenters. The van der Waals surface area contributed by atoms with E-state index in [9.17, 15) is 4.79 Å². The van der Waals surface area contributed by atoms with Crippen LogP contribution < -0.4 is 10.7 Å². The second kappa shape index (κ2) is 7.75. The molecule has 0 saturated carbocycles. The van der Waals surface area contributed by atoms with Crippen LogP contribution in [0.1, 0.15) is 23.0 Å². The average Bonchev–Trinajstić information content (AvgIpc) is 2.96. The highest BCUT2D eigenvalue weighted by atomic mass is 35.5. The molecule has 0 aliphatic carbocycles. The topological polar surface area (TPSA) is 86.9 Å². The number of hydrazone groups is 1. The first-order chi connectivity index (χ1) is 11.0. The van der Waals surface area contributed by atoms with Crippen LogP contribution in [0, 0.1) is 0 Å². The molecule has 0 amide bonds. The summed E-state index contributed by atoms with van der Waals surface area (Å²) in [5, 5.41) is 16.5. The van der Waals surface area contributed by atoms with Crippen LogP contribution in [0.15, 0.2) is 39.9 Å². The summed E-state index contributed by atoms with van der Waals surface area (Å²) >= 11 is 10.8. The minimum absolute atomic E-state index is 0.0217. The van der Waals surface area contributed by atoms with E-state index >= 15 is 0 Å². The van der Waals surface area contributed by atoms with Gasteiger partial charge in [-0.1, -0.05) is 11.6 Å². The largest absolute Gasteiger partial charge is 0.478 e. The normalized spacial score (nSPS) is 10.7. The quantitative estimate of drug-likeness (QED) is 0.436. The number of thiocarbonyl (C=S) groups is 1. The number of carbonyl (C=O) groups is 1. The standard InChI is InChI=1S/C15H14ClN3O3S/c1-2-17-15(23)19-18-8-10-4-6-13(22-10)9-3-5-12(16)11(7-9)14(20)21/h3-8H,2H2,1H3,(H,20,21)(H2,17,19,23). The number of rotatable bonds is 5. The van der Waals surface area contributed by atoms with Crippen molar-refractivity contribution in [3.8, 4) is 11.3 Å². The highest BCUT2D eigenvalue weighted by Gasteiger charge is 2.12. The van der Waals surface area contributed by atoms with Crippen LogP contribution in [-0.2, 0) is 0 Å². The summed E-state index contributed by atoms with van der Waals surface area (Å²) in [6.07, 6.45) is 1.47. The Kier molecular flexibility index (Phi) is 5.72. The van der Waals surface area contributed by atoms with Gasteiger partial charge in [-0.3, -0.25) is 5.43 Å². The molecule has 2 rings (SSSR count). The third kappa shape index (κ3) is 4.54. The van der Waals surface area contributed by atoms with E-state index in [1.165, 1.54) is 18.3 Å². The second-order valence-corrected chi connectivity index (χ2v) is 5.25. The SMILES string of the molecule is CCNC(=S)NN=Cc1ccc(-c2ccc(Cl)c(C(=O)O)c2)o1. The Hall–Kier alpha value is -2.38. The molecule has 0 atom stereocenters. The van der Waals surface area contributed by atoms with Crippen LogP contribution in [0.4, 0.5) is 0 Å². The minimum Gasteiger partial charge on any atom is -0.478 e. The monoisotopic (exact) mass is 351 g/mol. The van der Waals surface area contributed by atoms with Gasteiger partial charge in [0.15, 0.2) is 5.11 Å². The summed E-state index contributed by atoms with van der Waals surface area (Å²) in [6, 6.07) is 8.10. The number of aromatic carboxylic acids is 1. The molecular formula is C15H14ClN3O3S. The minimum atomic E-state index is -1.09. The molecule has 0 fully saturated rings. The van der Waals surface area contributed by atoms with Crippen LogP contribution in [0.3, 0.4) is 0 Å². The van der Waals surface area contributed by atoms with Crippen molar-refractivity contribution in [2.45, 2.75) is 6.92 Å². The number of hydrogen-bond acceptors (Lipinski definition) is 4. The lowest BCUT2D eigenvalue weighted by Crippen LogP contribution is -2.31. The smallest absolute Gasteiger partial charge is 0.337 e. The van der Waals surface area contributed by atoms with E-state index in [0.29, 0.717) is 28.7 Å². The van der Waals surface area contributed by atoms with E-state index in [4.69, 9.17) is 33.3 Å². The number of halogens is 1. The molecule has 1 heterocycles. The molecule has 3 N–H and O–H groups in total. The van der Waals surface area contributed by atoms with E-state index in [1.54, 1.807) is 18.2 Å². The van der Waals surface area contributed by atoms with Crippen LogP contribution in [0.5, 0.6) is 0 Å². The number of nitrogens with zero attached hydrogens (tertiary/aromatic N) is 1. The Labute approximate surface area is 143 Å². The Morgan fingerprint density at radius 3 is 2.91 bits per heavy atom. The van der Waals surface area contributed by atoms with Crippen LogP contribution in [0.25, 0.3) is 11.3 Å². The van der Waals surface area contributed by atoms with Gasteiger partial charge in [0.25, 0.3) is 0 Å². The van der Waals surface area contributed by atoms with Crippen molar-refractivity contribution in [3.05, 3.63) is 46.7 Å². The Morgan fingerprint density at radius 1 is 1.43 bits per heavy atom. The molecule has 1 aromatic heterocycles. The van der Waals surface area contributed by atoms with Crippen molar-refractivity contribution in [1.29, 1.82) is 0 Å². The molecule has 23 heavy (non-hydrogen) atoms. The van der Waals surface area contributed by atoms with Gasteiger partial charge in [-0.15, -0.1) is 0 Å². The van der Waals surface area contributed by atoms with Crippen molar-refractivity contribution >= 4 is 41.1 Å². The molecule has 0 radical (unpaired) electrons. The first-order valence-electron chi connectivity index (χ1n) is 6.71. The Balaban J connectivity index is 2.13. The Bertz CT molecular complexity index is 758. The number of carboxylic acid groups (broad SMARTS) is 1. The summed E-state index contributed by atoms with van der Waals surface area (Å²) in [6.45, 7) is 2.63. The van der Waals surface area contributed by atoms with Crippen molar-refractivity contribution in [3.63, 3.8) is 0 Å². The lowest BCUT2D eigenvalue weighted by Gasteiger charge is -2.02. The van der Waals surface area contributed by atoms with E-state index in [2.05, 4.69) is 15.8 Å². The molecule has 0 bridgehead atoms. The third-order valence-electron chi connectivity index (χ3n) is 2.80. The van der Waals surface area contributed by atoms with Crippen molar-refractivity contribution in [2.75, 3.05) is 6.54 Å². The van der Waals surface area contributed by atoms with Gasteiger partial charge in [0.05, 0.1) is 16.8 Å². The molecule has 6 nitrogen and oxygen atoms in total. The van der Waals surface area contributed by atoms with Crippen LogP contribution >= 0.6 is 23.8 Å². The van der Waals surface area contributed by atoms with E-state index < -0.39 is 5.97 Å². The van der Waals surface area contributed by atoms with Gasteiger partial charge in [-0.05, 0) is 49.5 Å². The Morgan fingerprint density at radius 2 is 2.22 bits per heavy atom. The summed E-state index contributed by atoms with van der Waals surface area (Å²) in [4.78, 5) is 11.1. The maximum atomic E-state index is 11.1. The summed E-state index contributed by atoms with van der Waals surface area (Å²) < 4.78 is 5.60. The van der Waals surface area contributed by atoms with Gasteiger partial charge in [0, 0.05) is 12.1 Å². The van der Waals surface area contributed by atoms with Crippen molar-refractivity contribution in [2.24, 2.45) is 5.10 Å². The summed E-state index contributed by atoms with van der Waals surface area (Å²) in [5.41, 5.74) is 3.28. The fourth-order valence-corrected chi connectivity index (χ4v) is 2.17. The lowest BCUT2D eigenvalue weighted by molar-refractivity contribution is 0.0697. The van der Waals surface area contributed by atoms with Gasteiger partial charge in [0.2, 0.25) is 0 Å². The average molecular weight is 352 g/mol. The molecule has 120 valence electrons. The van der Waals surface area contributed by atoms with E-state index in [-0.39, 0.29) is 10.6 Å². The summed E-state index contributed by atoms with van der Waals surface area (Å²) in [7, 11) is 0. The number of benzene rings is 1. The molecule has 1 aromatic carbocycles. The molecule has 0 spiro atoms. The molecule has 2 aromatic rings. The predicted octanol–water partition coefficient (Wildman–Crippen LogP) is 3.12. The van der Waals surface area contributed by atoms with E-state index in [1.807, 2.05) is 6.92 Å². The molecule has 0 saturated heterocycles. The number of hydrogen-bond donors (Lipinski definition) is 3. The van der Waals surface area contributed by atoms with Gasteiger partial charge < -0.3 is 14.8 Å². The second-order valence-electron chi connectivity index (χ2n) is 4.43. The zero-order chi connectivity index (χ0) is 16.8. The molecule has 8 heteroatoms. The molecular weight excluding hydrogens is 338 g/mol. The maximum absolute atomic E-state index is 11.1. The highest BCUT2D eigenvalue weighted by molar-refractivity contribution is 7.80. The third-order valence-corrected chi connectivity index (χ3v) is 3.37. The fraction of sp³-hybridized carbons (Fsp3) is 0.133. The van der Waals surface area contributed by atoms with Crippen LogP contribution in [-0.4, -0.2) is 28.9 Å². The predicted molar refractivity (Wildman–Crippen MR) is 93.1 cm³/mol. The van der Waals surface area contributed by atoms with E-state index in [0.717, 1.165) is 0 Å². The number of furan rings is 1. The van der Waals surface area contributed by atoms with Gasteiger partial charge in [-0.2, -0.15) is 5.10 Å². The van der Waals surface area contributed by atoms with Gasteiger partial charge in [0.1, 0.15) is 11.5 Å².